The summed E-state index contributed by atoms with van der Waals surface area (Å²) >= 11 is 0. The molecule has 0 radical (unpaired) electrons. The Balaban J connectivity index is 1.72. The second-order valence-corrected chi connectivity index (χ2v) is 5.33. The maximum absolute atomic E-state index is 12.3. The molecule has 0 aromatic heterocycles. The summed E-state index contributed by atoms with van der Waals surface area (Å²) in [4.78, 5) is 23.7. The molecule has 1 aliphatic carbocycles. The Kier molecular flexibility index (Phi) is 3.92. The van der Waals surface area contributed by atoms with Crippen molar-refractivity contribution in [1.82, 2.24) is 5.32 Å². The van der Waals surface area contributed by atoms with E-state index in [-0.39, 0.29) is 11.9 Å². The Morgan fingerprint density at radius 1 is 1.05 bits per heavy atom. The van der Waals surface area contributed by atoms with Gasteiger partial charge < -0.3 is 10.1 Å². The zero-order valence-corrected chi connectivity index (χ0v) is 12.3. The first kappa shape index (κ1) is 14.3. The third-order valence-electron chi connectivity index (χ3n) is 4.01. The van der Waals surface area contributed by atoms with Crippen molar-refractivity contribution in [3.63, 3.8) is 0 Å². The smallest absolute Gasteiger partial charge is 0.337 e. The van der Waals surface area contributed by atoms with Crippen LogP contribution in [-0.2, 0) is 11.2 Å². The van der Waals surface area contributed by atoms with Gasteiger partial charge in [-0.3, -0.25) is 4.79 Å². The maximum atomic E-state index is 12.3. The number of hydrogen-bond acceptors (Lipinski definition) is 3. The first-order valence-electron chi connectivity index (χ1n) is 7.26. The summed E-state index contributed by atoms with van der Waals surface area (Å²) in [6.07, 6.45) is 1.91. The van der Waals surface area contributed by atoms with Gasteiger partial charge in [0.25, 0.3) is 5.91 Å². The second kappa shape index (κ2) is 6.02. The van der Waals surface area contributed by atoms with E-state index in [4.69, 9.17) is 0 Å². The summed E-state index contributed by atoms with van der Waals surface area (Å²) in [6.45, 7) is 0. The topological polar surface area (TPSA) is 55.4 Å². The fraction of sp³-hybridized carbons (Fsp3) is 0.222. The van der Waals surface area contributed by atoms with Crippen LogP contribution in [0.25, 0.3) is 0 Å². The minimum absolute atomic E-state index is 0.0592. The summed E-state index contributed by atoms with van der Waals surface area (Å²) in [6, 6.07) is 14.7. The standard InChI is InChI=1S/C18H17NO3/c1-22-18(21)14-8-6-13(7-9-14)17(20)19-16-11-10-12-4-2-3-5-15(12)16/h2-9,16H,10-11H2,1H3,(H,19,20). The van der Waals surface area contributed by atoms with E-state index in [0.717, 1.165) is 12.8 Å². The number of esters is 1. The molecule has 2 aromatic rings. The molecule has 1 atom stereocenters. The van der Waals surface area contributed by atoms with E-state index in [9.17, 15) is 9.59 Å². The van der Waals surface area contributed by atoms with Crippen LogP contribution < -0.4 is 5.32 Å². The summed E-state index contributed by atoms with van der Waals surface area (Å²) < 4.78 is 4.64. The number of fused-ring (bicyclic) bond motifs is 1. The third-order valence-corrected chi connectivity index (χ3v) is 4.01. The number of hydrogen-bond donors (Lipinski definition) is 1. The van der Waals surface area contributed by atoms with Crippen LogP contribution in [0.1, 0.15) is 44.3 Å². The Morgan fingerprint density at radius 3 is 2.45 bits per heavy atom. The van der Waals surface area contributed by atoms with Crippen molar-refractivity contribution in [3.05, 3.63) is 70.8 Å². The number of rotatable bonds is 3. The van der Waals surface area contributed by atoms with Gasteiger partial charge in [0.15, 0.2) is 0 Å². The molecule has 3 rings (SSSR count). The van der Waals surface area contributed by atoms with E-state index in [0.29, 0.717) is 11.1 Å². The highest BCUT2D eigenvalue weighted by Gasteiger charge is 2.23. The van der Waals surface area contributed by atoms with Crippen molar-refractivity contribution in [2.45, 2.75) is 18.9 Å². The van der Waals surface area contributed by atoms with E-state index in [1.54, 1.807) is 24.3 Å². The number of benzene rings is 2. The molecular weight excluding hydrogens is 278 g/mol. The lowest BCUT2D eigenvalue weighted by Crippen LogP contribution is -2.27. The van der Waals surface area contributed by atoms with Crippen LogP contribution in [0.15, 0.2) is 48.5 Å². The Bertz CT molecular complexity index is 707. The lowest BCUT2D eigenvalue weighted by Gasteiger charge is -2.14. The minimum Gasteiger partial charge on any atom is -0.465 e. The largest absolute Gasteiger partial charge is 0.465 e. The van der Waals surface area contributed by atoms with E-state index in [1.165, 1.54) is 18.2 Å². The molecular formula is C18H17NO3. The van der Waals surface area contributed by atoms with Crippen molar-refractivity contribution < 1.29 is 14.3 Å². The predicted molar refractivity (Wildman–Crippen MR) is 82.8 cm³/mol. The van der Waals surface area contributed by atoms with Crippen molar-refractivity contribution in [3.8, 4) is 0 Å². The normalized spacial score (nSPS) is 16.0. The molecule has 4 nitrogen and oxygen atoms in total. The Hall–Kier alpha value is -2.62. The summed E-state index contributed by atoms with van der Waals surface area (Å²) in [7, 11) is 1.33. The van der Waals surface area contributed by atoms with Gasteiger partial charge >= 0.3 is 5.97 Å². The quantitative estimate of drug-likeness (QED) is 0.886. The average molecular weight is 295 g/mol. The molecule has 0 saturated carbocycles. The Morgan fingerprint density at radius 2 is 1.73 bits per heavy atom. The van der Waals surface area contributed by atoms with Gasteiger partial charge in [0.05, 0.1) is 18.7 Å². The molecule has 0 saturated heterocycles. The SMILES string of the molecule is COC(=O)c1ccc(C(=O)NC2CCc3ccccc32)cc1. The van der Waals surface area contributed by atoms with E-state index < -0.39 is 5.97 Å². The van der Waals surface area contributed by atoms with Gasteiger partial charge in [-0.05, 0) is 48.2 Å². The highest BCUT2D eigenvalue weighted by Crippen LogP contribution is 2.30. The van der Waals surface area contributed by atoms with Crippen molar-refractivity contribution in [1.29, 1.82) is 0 Å². The second-order valence-electron chi connectivity index (χ2n) is 5.33. The van der Waals surface area contributed by atoms with Crippen LogP contribution in [0.4, 0.5) is 0 Å². The van der Waals surface area contributed by atoms with Gasteiger partial charge in [-0.2, -0.15) is 0 Å². The predicted octanol–water partition coefficient (Wildman–Crippen LogP) is 2.89. The fourth-order valence-electron chi connectivity index (χ4n) is 2.82. The van der Waals surface area contributed by atoms with Crippen LogP contribution in [0.2, 0.25) is 0 Å². The van der Waals surface area contributed by atoms with Crippen LogP contribution in [0.5, 0.6) is 0 Å². The maximum Gasteiger partial charge on any atom is 0.337 e. The van der Waals surface area contributed by atoms with Gasteiger partial charge in [-0.15, -0.1) is 0 Å². The number of nitrogens with one attached hydrogen (secondary N) is 1. The first-order chi connectivity index (χ1) is 10.7. The van der Waals surface area contributed by atoms with Crippen LogP contribution in [0, 0.1) is 0 Å². The molecule has 0 fully saturated rings. The number of carbonyl (C=O) groups is 2. The highest BCUT2D eigenvalue weighted by atomic mass is 16.5. The molecule has 4 heteroatoms. The molecule has 112 valence electrons. The van der Waals surface area contributed by atoms with Gasteiger partial charge in [0.2, 0.25) is 0 Å². The van der Waals surface area contributed by atoms with E-state index in [2.05, 4.69) is 22.2 Å². The van der Waals surface area contributed by atoms with Crippen LogP contribution in [-0.4, -0.2) is 19.0 Å². The first-order valence-corrected chi connectivity index (χ1v) is 7.26. The Labute approximate surface area is 129 Å². The fourth-order valence-corrected chi connectivity index (χ4v) is 2.82. The van der Waals surface area contributed by atoms with Gasteiger partial charge in [-0.1, -0.05) is 24.3 Å². The molecule has 1 N–H and O–H groups in total. The highest BCUT2D eigenvalue weighted by molar-refractivity contribution is 5.96. The lowest BCUT2D eigenvalue weighted by molar-refractivity contribution is 0.0600. The van der Waals surface area contributed by atoms with Crippen LogP contribution in [0.3, 0.4) is 0 Å². The molecule has 22 heavy (non-hydrogen) atoms. The molecule has 0 spiro atoms. The summed E-state index contributed by atoms with van der Waals surface area (Å²) in [5.74, 6) is -0.533. The molecule has 0 aliphatic heterocycles. The molecule has 1 unspecified atom stereocenters. The van der Waals surface area contributed by atoms with E-state index >= 15 is 0 Å². The average Bonchev–Trinajstić information content (AvgIpc) is 2.97. The van der Waals surface area contributed by atoms with Gasteiger partial charge in [0, 0.05) is 5.56 Å². The summed E-state index contributed by atoms with van der Waals surface area (Å²) in [5.41, 5.74) is 3.47. The van der Waals surface area contributed by atoms with Gasteiger partial charge in [0.1, 0.15) is 0 Å². The molecule has 1 amide bonds. The lowest BCUT2D eigenvalue weighted by atomic mass is 10.1. The number of aryl methyl sites for hydroxylation is 1. The number of carbonyl (C=O) groups excluding carboxylic acids is 2. The number of amides is 1. The van der Waals surface area contributed by atoms with Crippen molar-refractivity contribution >= 4 is 11.9 Å². The summed E-state index contributed by atoms with van der Waals surface area (Å²) in [5, 5.41) is 3.06. The number of ether oxygens (including phenoxy) is 1. The zero-order chi connectivity index (χ0) is 15.5. The molecule has 2 aromatic carbocycles. The van der Waals surface area contributed by atoms with Crippen molar-refractivity contribution in [2.75, 3.05) is 7.11 Å². The minimum atomic E-state index is -0.406. The van der Waals surface area contributed by atoms with Crippen molar-refractivity contribution in [2.24, 2.45) is 0 Å². The molecule has 0 heterocycles. The van der Waals surface area contributed by atoms with Gasteiger partial charge in [-0.25, -0.2) is 4.79 Å². The monoisotopic (exact) mass is 295 g/mol. The third kappa shape index (κ3) is 2.72. The molecule has 0 bridgehead atoms. The molecule has 1 aliphatic rings. The van der Waals surface area contributed by atoms with Crippen LogP contribution >= 0.6 is 0 Å². The number of methoxy groups -OCH3 is 1. The zero-order valence-electron chi connectivity index (χ0n) is 12.3. The van der Waals surface area contributed by atoms with E-state index in [1.807, 2.05) is 12.1 Å².